The summed E-state index contributed by atoms with van der Waals surface area (Å²) in [5.41, 5.74) is 5.65. The van der Waals surface area contributed by atoms with Gasteiger partial charge in [-0.05, 0) is 69.1 Å². The van der Waals surface area contributed by atoms with E-state index < -0.39 is 0 Å². The van der Waals surface area contributed by atoms with Gasteiger partial charge < -0.3 is 5.32 Å². The molecule has 1 fully saturated rings. The van der Waals surface area contributed by atoms with Crippen molar-refractivity contribution in [2.75, 3.05) is 13.1 Å². The topological polar surface area (TPSA) is 73.9 Å². The lowest BCUT2D eigenvalue weighted by Crippen LogP contribution is -2.48. The van der Waals surface area contributed by atoms with Gasteiger partial charge in [0.1, 0.15) is 5.69 Å². The number of carbonyl (C=O) groups excluding carboxylic acids is 1. The molecular formula is C27H29N5O. The number of nitrogens with zero attached hydrogens (tertiary/aromatic N) is 3. The fourth-order valence-corrected chi connectivity index (χ4v) is 4.76. The van der Waals surface area contributed by atoms with Crippen molar-refractivity contribution in [1.82, 2.24) is 25.4 Å². The molecule has 2 N–H and O–H groups in total. The molecule has 2 aromatic carbocycles. The van der Waals surface area contributed by atoms with Gasteiger partial charge in [-0.15, -0.1) is 0 Å². The fourth-order valence-electron chi connectivity index (χ4n) is 4.76. The number of aryl methyl sites for hydroxylation is 1. The van der Waals surface area contributed by atoms with Gasteiger partial charge in [0.2, 0.25) is 0 Å². The highest BCUT2D eigenvalue weighted by atomic mass is 16.1. The number of amides is 1. The number of carbonyl (C=O) groups is 1. The van der Waals surface area contributed by atoms with E-state index in [4.69, 9.17) is 0 Å². The normalized spacial score (nSPS) is 17.7. The van der Waals surface area contributed by atoms with E-state index in [0.717, 1.165) is 53.8 Å². The molecule has 168 valence electrons. The number of benzene rings is 2. The molecule has 5 rings (SSSR count). The van der Waals surface area contributed by atoms with E-state index in [1.165, 1.54) is 5.56 Å². The Kier molecular flexibility index (Phi) is 5.92. The number of fused-ring (bicyclic) bond motifs is 1. The summed E-state index contributed by atoms with van der Waals surface area (Å²) in [5, 5.41) is 11.8. The van der Waals surface area contributed by atoms with Gasteiger partial charge >= 0.3 is 0 Å². The fraction of sp³-hybridized carbons (Fsp3) is 0.296. The Hall–Kier alpha value is -3.51. The molecule has 1 aliphatic rings. The molecule has 1 aliphatic heterocycles. The molecular weight excluding hydrogens is 410 g/mol. The van der Waals surface area contributed by atoms with Crippen LogP contribution in [-0.2, 0) is 0 Å². The van der Waals surface area contributed by atoms with Gasteiger partial charge in [-0.25, -0.2) is 0 Å². The highest BCUT2D eigenvalue weighted by molar-refractivity contribution is 6.01. The second-order valence-electron chi connectivity index (χ2n) is 8.91. The molecule has 33 heavy (non-hydrogen) atoms. The van der Waals surface area contributed by atoms with Crippen molar-refractivity contribution in [2.24, 2.45) is 0 Å². The minimum atomic E-state index is -0.0332. The Morgan fingerprint density at radius 2 is 2.00 bits per heavy atom. The first-order valence-electron chi connectivity index (χ1n) is 11.6. The average Bonchev–Trinajstić information content (AvgIpc) is 3.27. The van der Waals surface area contributed by atoms with Crippen LogP contribution in [0.1, 0.15) is 47.4 Å². The summed E-state index contributed by atoms with van der Waals surface area (Å²) in [5.74, 6) is -0.0332. The van der Waals surface area contributed by atoms with Crippen molar-refractivity contribution in [3.8, 4) is 11.3 Å². The molecule has 1 amide bonds. The summed E-state index contributed by atoms with van der Waals surface area (Å²) < 4.78 is 0. The SMILES string of the molecule is Cc1cc(-c2n[nH]c3ccc(C(=O)N[C@@H]4CCCN(C(C)c5ccccc5)C4)cc23)ccn1. The van der Waals surface area contributed by atoms with Gasteiger partial charge in [-0.3, -0.25) is 19.8 Å². The number of hydrogen-bond acceptors (Lipinski definition) is 4. The van der Waals surface area contributed by atoms with Crippen molar-refractivity contribution in [3.63, 3.8) is 0 Å². The van der Waals surface area contributed by atoms with E-state index >= 15 is 0 Å². The number of aromatic amines is 1. The third-order valence-corrected chi connectivity index (χ3v) is 6.61. The van der Waals surface area contributed by atoms with E-state index in [-0.39, 0.29) is 11.9 Å². The van der Waals surface area contributed by atoms with E-state index in [1.54, 1.807) is 6.20 Å². The van der Waals surface area contributed by atoms with Crippen LogP contribution in [0, 0.1) is 6.92 Å². The number of hydrogen-bond donors (Lipinski definition) is 2. The summed E-state index contributed by atoms with van der Waals surface area (Å²) in [6.07, 6.45) is 3.86. The van der Waals surface area contributed by atoms with Gasteiger partial charge in [0, 0.05) is 47.0 Å². The number of H-pyrrole nitrogens is 1. The van der Waals surface area contributed by atoms with Crippen molar-refractivity contribution >= 4 is 16.8 Å². The summed E-state index contributed by atoms with van der Waals surface area (Å²) in [4.78, 5) is 19.9. The lowest BCUT2D eigenvalue weighted by molar-refractivity contribution is 0.0880. The smallest absolute Gasteiger partial charge is 0.251 e. The van der Waals surface area contributed by atoms with Crippen LogP contribution in [0.15, 0.2) is 66.9 Å². The zero-order valence-electron chi connectivity index (χ0n) is 19.1. The number of piperidine rings is 1. The number of likely N-dealkylation sites (tertiary alicyclic amines) is 1. The van der Waals surface area contributed by atoms with E-state index in [9.17, 15) is 4.79 Å². The van der Waals surface area contributed by atoms with Gasteiger partial charge in [-0.2, -0.15) is 5.10 Å². The average molecular weight is 440 g/mol. The lowest BCUT2D eigenvalue weighted by atomic mass is 10.00. The molecule has 6 nitrogen and oxygen atoms in total. The van der Waals surface area contributed by atoms with Crippen LogP contribution in [0.25, 0.3) is 22.2 Å². The maximum Gasteiger partial charge on any atom is 0.251 e. The third-order valence-electron chi connectivity index (χ3n) is 6.61. The Labute approximate surface area is 194 Å². The molecule has 6 heteroatoms. The van der Waals surface area contributed by atoms with Crippen LogP contribution >= 0.6 is 0 Å². The van der Waals surface area contributed by atoms with Crippen molar-refractivity contribution in [2.45, 2.75) is 38.8 Å². The van der Waals surface area contributed by atoms with E-state index in [0.29, 0.717) is 11.6 Å². The van der Waals surface area contributed by atoms with Gasteiger partial charge in [0.15, 0.2) is 0 Å². The standard InChI is InChI=1S/C27H29N5O/c1-18-15-21(12-13-28-18)26-24-16-22(10-11-25(24)30-31-26)27(33)29-23-9-6-14-32(17-23)19(2)20-7-4-3-5-8-20/h3-5,7-8,10-13,15-16,19,23H,6,9,14,17H2,1-2H3,(H,29,33)(H,30,31)/t19?,23-/m1/s1. The van der Waals surface area contributed by atoms with Gasteiger partial charge in [0.25, 0.3) is 5.91 Å². The quantitative estimate of drug-likeness (QED) is 0.464. The van der Waals surface area contributed by atoms with Gasteiger partial charge in [-0.1, -0.05) is 30.3 Å². The van der Waals surface area contributed by atoms with E-state index in [2.05, 4.69) is 56.6 Å². The number of pyridine rings is 1. The number of rotatable bonds is 5. The summed E-state index contributed by atoms with van der Waals surface area (Å²) in [7, 11) is 0. The Morgan fingerprint density at radius 1 is 1.15 bits per heavy atom. The molecule has 0 bridgehead atoms. The van der Waals surface area contributed by atoms with Crippen molar-refractivity contribution in [1.29, 1.82) is 0 Å². The zero-order chi connectivity index (χ0) is 22.8. The summed E-state index contributed by atoms with van der Waals surface area (Å²) in [6, 6.07) is 20.7. The summed E-state index contributed by atoms with van der Waals surface area (Å²) in [6.45, 7) is 6.12. The largest absolute Gasteiger partial charge is 0.348 e. The monoisotopic (exact) mass is 439 g/mol. The molecule has 4 aromatic rings. The second-order valence-corrected chi connectivity index (χ2v) is 8.91. The van der Waals surface area contributed by atoms with Crippen molar-refractivity contribution in [3.05, 3.63) is 83.7 Å². The Morgan fingerprint density at radius 3 is 2.82 bits per heavy atom. The molecule has 1 saturated heterocycles. The first kappa shape index (κ1) is 21.3. The Balaban J connectivity index is 1.32. The minimum absolute atomic E-state index is 0.0332. The third kappa shape index (κ3) is 4.52. The predicted molar refractivity (Wildman–Crippen MR) is 131 cm³/mol. The molecule has 0 spiro atoms. The maximum absolute atomic E-state index is 13.2. The zero-order valence-corrected chi connectivity index (χ0v) is 19.1. The summed E-state index contributed by atoms with van der Waals surface area (Å²) >= 11 is 0. The molecule has 0 radical (unpaired) electrons. The van der Waals surface area contributed by atoms with Crippen LogP contribution in [0.2, 0.25) is 0 Å². The van der Waals surface area contributed by atoms with Gasteiger partial charge in [0.05, 0.1) is 5.52 Å². The van der Waals surface area contributed by atoms with Crippen LogP contribution in [0.4, 0.5) is 0 Å². The lowest BCUT2D eigenvalue weighted by Gasteiger charge is -2.37. The van der Waals surface area contributed by atoms with Crippen LogP contribution < -0.4 is 5.32 Å². The highest BCUT2D eigenvalue weighted by Gasteiger charge is 2.26. The van der Waals surface area contributed by atoms with E-state index in [1.807, 2.05) is 43.3 Å². The Bertz CT molecular complexity index is 1270. The predicted octanol–water partition coefficient (Wildman–Crippen LogP) is 4.89. The van der Waals surface area contributed by atoms with Crippen molar-refractivity contribution < 1.29 is 4.79 Å². The molecule has 1 unspecified atom stereocenters. The first-order valence-corrected chi connectivity index (χ1v) is 11.6. The molecule has 0 aliphatic carbocycles. The van der Waals surface area contributed by atoms with Crippen LogP contribution in [-0.4, -0.2) is 45.1 Å². The minimum Gasteiger partial charge on any atom is -0.348 e. The van der Waals surface area contributed by atoms with Crippen LogP contribution in [0.3, 0.4) is 0 Å². The highest BCUT2D eigenvalue weighted by Crippen LogP contribution is 2.28. The van der Waals surface area contributed by atoms with Crippen LogP contribution in [0.5, 0.6) is 0 Å². The maximum atomic E-state index is 13.2. The second kappa shape index (κ2) is 9.16. The molecule has 2 atom stereocenters. The molecule has 2 aromatic heterocycles. The molecule has 0 saturated carbocycles. The first-order chi connectivity index (χ1) is 16.1. The molecule has 3 heterocycles. The number of nitrogens with one attached hydrogen (secondary N) is 2. The number of aromatic nitrogens is 3.